The summed E-state index contributed by atoms with van der Waals surface area (Å²) in [6.45, 7) is 2.02. The van der Waals surface area contributed by atoms with E-state index in [0.717, 1.165) is 17.0 Å². The Morgan fingerprint density at radius 2 is 1.84 bits per heavy atom. The third-order valence-corrected chi connectivity index (χ3v) is 6.44. The standard InChI is InChI=1S/C16H19F2NO5S/c1-2-11-9-19(15(20)24-11)10-7-12(17)14(13(18)8-10)16(21)3-5-25(22,23)6-4-16/h7-8,11,21H,2-6,9H2,1H3/t11-/m0/s1. The van der Waals surface area contributed by atoms with E-state index in [1.165, 1.54) is 0 Å². The molecule has 2 aliphatic rings. The highest BCUT2D eigenvalue weighted by Crippen LogP contribution is 2.38. The Hall–Kier alpha value is -1.74. The zero-order chi connectivity index (χ0) is 18.4. The minimum absolute atomic E-state index is 0.00623. The number of amides is 1. The second-order valence-corrected chi connectivity index (χ2v) is 8.80. The number of ether oxygens (including phenoxy) is 1. The summed E-state index contributed by atoms with van der Waals surface area (Å²) in [5.74, 6) is -2.68. The van der Waals surface area contributed by atoms with Crippen LogP contribution in [0.3, 0.4) is 0 Å². The second kappa shape index (κ2) is 6.21. The van der Waals surface area contributed by atoms with Crippen molar-refractivity contribution >= 4 is 21.6 Å². The summed E-state index contributed by atoms with van der Waals surface area (Å²) in [6.07, 6.45) is -0.982. The zero-order valence-electron chi connectivity index (χ0n) is 13.7. The van der Waals surface area contributed by atoms with E-state index in [4.69, 9.17) is 4.74 Å². The predicted molar refractivity (Wildman–Crippen MR) is 86.0 cm³/mol. The molecule has 9 heteroatoms. The summed E-state index contributed by atoms with van der Waals surface area (Å²) in [4.78, 5) is 13.0. The van der Waals surface area contributed by atoms with Gasteiger partial charge >= 0.3 is 6.09 Å². The molecule has 1 N–H and O–H groups in total. The molecule has 2 aliphatic heterocycles. The third kappa shape index (κ3) is 3.35. The Morgan fingerprint density at radius 1 is 1.28 bits per heavy atom. The normalized spacial score (nSPS) is 25.0. The lowest BCUT2D eigenvalue weighted by atomic mass is 9.87. The lowest BCUT2D eigenvalue weighted by molar-refractivity contribution is 0.0192. The Labute approximate surface area is 144 Å². The fourth-order valence-electron chi connectivity index (χ4n) is 3.23. The number of hydrogen-bond donors (Lipinski definition) is 1. The molecule has 1 atom stereocenters. The maximum atomic E-state index is 14.6. The number of rotatable bonds is 3. The van der Waals surface area contributed by atoms with Crippen molar-refractivity contribution in [3.8, 4) is 0 Å². The maximum absolute atomic E-state index is 14.6. The van der Waals surface area contributed by atoms with E-state index < -0.39 is 38.7 Å². The van der Waals surface area contributed by atoms with E-state index in [1.807, 2.05) is 6.92 Å². The van der Waals surface area contributed by atoms with E-state index in [-0.39, 0.29) is 42.7 Å². The second-order valence-electron chi connectivity index (χ2n) is 6.49. The van der Waals surface area contributed by atoms with Gasteiger partial charge in [0, 0.05) is 0 Å². The van der Waals surface area contributed by atoms with Gasteiger partial charge in [-0.2, -0.15) is 0 Å². The van der Waals surface area contributed by atoms with Gasteiger partial charge < -0.3 is 9.84 Å². The molecular weight excluding hydrogens is 356 g/mol. The minimum atomic E-state index is -3.30. The van der Waals surface area contributed by atoms with Crippen molar-refractivity contribution in [2.75, 3.05) is 23.0 Å². The highest BCUT2D eigenvalue weighted by Gasteiger charge is 2.41. The van der Waals surface area contributed by atoms with Crippen LogP contribution in [-0.2, 0) is 20.2 Å². The predicted octanol–water partition coefficient (Wildman–Crippen LogP) is 2.10. The van der Waals surface area contributed by atoms with Crippen LogP contribution < -0.4 is 4.90 Å². The summed E-state index contributed by atoms with van der Waals surface area (Å²) < 4.78 is 57.2. The quantitative estimate of drug-likeness (QED) is 0.875. The van der Waals surface area contributed by atoms with Crippen LogP contribution in [0.1, 0.15) is 31.7 Å². The van der Waals surface area contributed by atoms with Gasteiger partial charge in [0.05, 0.1) is 34.9 Å². The van der Waals surface area contributed by atoms with Gasteiger partial charge in [-0.15, -0.1) is 0 Å². The van der Waals surface area contributed by atoms with E-state index in [2.05, 4.69) is 0 Å². The molecule has 1 aromatic rings. The zero-order valence-corrected chi connectivity index (χ0v) is 14.5. The lowest BCUT2D eigenvalue weighted by Crippen LogP contribution is -2.38. The summed E-state index contributed by atoms with van der Waals surface area (Å²) >= 11 is 0. The van der Waals surface area contributed by atoms with Crippen LogP contribution in [0.5, 0.6) is 0 Å². The monoisotopic (exact) mass is 375 g/mol. The number of anilines is 1. The molecule has 138 valence electrons. The van der Waals surface area contributed by atoms with Gasteiger partial charge in [-0.25, -0.2) is 22.0 Å². The fraction of sp³-hybridized carbons (Fsp3) is 0.562. The number of carbonyl (C=O) groups is 1. The van der Waals surface area contributed by atoms with Crippen molar-refractivity contribution in [2.45, 2.75) is 37.9 Å². The number of nitrogens with zero attached hydrogens (tertiary/aromatic N) is 1. The van der Waals surface area contributed by atoms with Crippen LogP contribution in [0.15, 0.2) is 12.1 Å². The Morgan fingerprint density at radius 3 is 2.32 bits per heavy atom. The van der Waals surface area contributed by atoms with Gasteiger partial charge in [0.1, 0.15) is 17.7 Å². The SMILES string of the molecule is CC[C@H]1CN(c2cc(F)c(C3(O)CCS(=O)(=O)CC3)c(F)c2)C(=O)O1. The van der Waals surface area contributed by atoms with Crippen LogP contribution in [0.4, 0.5) is 19.3 Å². The number of cyclic esters (lactones) is 1. The van der Waals surface area contributed by atoms with Gasteiger partial charge in [-0.05, 0) is 31.4 Å². The maximum Gasteiger partial charge on any atom is 0.414 e. The molecule has 0 aromatic heterocycles. The number of carbonyl (C=O) groups excluding carboxylic acids is 1. The van der Waals surface area contributed by atoms with E-state index in [0.29, 0.717) is 6.42 Å². The number of aliphatic hydroxyl groups is 1. The molecule has 1 aromatic carbocycles. The Balaban J connectivity index is 1.93. The summed E-state index contributed by atoms with van der Waals surface area (Å²) in [5.41, 5.74) is -2.42. The van der Waals surface area contributed by atoms with Crippen LogP contribution in [-0.4, -0.2) is 43.8 Å². The smallest absolute Gasteiger partial charge is 0.414 e. The molecule has 25 heavy (non-hydrogen) atoms. The fourth-order valence-corrected chi connectivity index (χ4v) is 4.73. The Bertz CT molecular complexity index is 774. The first kappa shape index (κ1) is 18.1. The number of benzene rings is 1. The molecule has 2 heterocycles. The molecule has 2 fully saturated rings. The number of sulfone groups is 1. The number of halogens is 2. The van der Waals surface area contributed by atoms with Crippen LogP contribution in [0, 0.1) is 11.6 Å². The molecule has 6 nitrogen and oxygen atoms in total. The van der Waals surface area contributed by atoms with Crippen molar-refractivity contribution in [3.05, 3.63) is 29.3 Å². The van der Waals surface area contributed by atoms with Crippen LogP contribution >= 0.6 is 0 Å². The molecule has 1 amide bonds. The molecule has 3 rings (SSSR count). The topological polar surface area (TPSA) is 83.9 Å². The highest BCUT2D eigenvalue weighted by atomic mass is 32.2. The van der Waals surface area contributed by atoms with Crippen molar-refractivity contribution < 1.29 is 31.8 Å². The largest absolute Gasteiger partial charge is 0.444 e. The molecule has 2 saturated heterocycles. The van der Waals surface area contributed by atoms with E-state index in [1.54, 1.807) is 0 Å². The third-order valence-electron chi connectivity index (χ3n) is 4.79. The van der Waals surface area contributed by atoms with Crippen molar-refractivity contribution in [2.24, 2.45) is 0 Å². The molecule has 0 unspecified atom stereocenters. The summed E-state index contributed by atoms with van der Waals surface area (Å²) in [7, 11) is -3.30. The van der Waals surface area contributed by atoms with Gasteiger partial charge in [-0.3, -0.25) is 4.90 Å². The number of hydrogen-bond acceptors (Lipinski definition) is 5. The molecular formula is C16H19F2NO5S. The molecule has 0 saturated carbocycles. The van der Waals surface area contributed by atoms with Crippen LogP contribution in [0.25, 0.3) is 0 Å². The van der Waals surface area contributed by atoms with Gasteiger partial charge in [0.15, 0.2) is 9.84 Å². The van der Waals surface area contributed by atoms with Gasteiger partial charge in [-0.1, -0.05) is 6.92 Å². The highest BCUT2D eigenvalue weighted by molar-refractivity contribution is 7.91. The first-order valence-corrected chi connectivity index (χ1v) is 9.88. The average molecular weight is 375 g/mol. The minimum Gasteiger partial charge on any atom is -0.444 e. The first-order chi connectivity index (χ1) is 11.6. The molecule has 0 bridgehead atoms. The van der Waals surface area contributed by atoms with Gasteiger partial charge in [0.2, 0.25) is 0 Å². The molecule has 0 spiro atoms. The molecule has 0 radical (unpaired) electrons. The summed E-state index contributed by atoms with van der Waals surface area (Å²) in [5, 5.41) is 10.6. The van der Waals surface area contributed by atoms with Crippen molar-refractivity contribution in [1.82, 2.24) is 0 Å². The van der Waals surface area contributed by atoms with E-state index in [9.17, 15) is 27.1 Å². The summed E-state index contributed by atoms with van der Waals surface area (Å²) in [6, 6.07) is 1.94. The van der Waals surface area contributed by atoms with Crippen molar-refractivity contribution in [3.63, 3.8) is 0 Å². The van der Waals surface area contributed by atoms with Crippen molar-refractivity contribution in [1.29, 1.82) is 0 Å². The first-order valence-electron chi connectivity index (χ1n) is 8.06. The molecule has 0 aliphatic carbocycles. The van der Waals surface area contributed by atoms with E-state index >= 15 is 0 Å². The Kier molecular flexibility index (Phi) is 4.48. The average Bonchev–Trinajstić information content (AvgIpc) is 2.91. The van der Waals surface area contributed by atoms with Gasteiger partial charge in [0.25, 0.3) is 0 Å². The van der Waals surface area contributed by atoms with Crippen LogP contribution in [0.2, 0.25) is 0 Å². The lowest BCUT2D eigenvalue weighted by Gasteiger charge is -2.33.